The molecule has 1 unspecified atom stereocenters. The van der Waals surface area contributed by atoms with E-state index in [1.165, 1.54) is 12.1 Å². The van der Waals surface area contributed by atoms with E-state index in [0.29, 0.717) is 13.0 Å². The second-order valence-corrected chi connectivity index (χ2v) is 5.17. The molecular weight excluding hydrogens is 251 g/mol. The number of rotatable bonds is 6. The van der Waals surface area contributed by atoms with Gasteiger partial charge in [-0.25, -0.2) is 4.39 Å². The number of hydrogen-bond acceptors (Lipinski definition) is 3. The Morgan fingerprint density at radius 3 is 2.83 bits per heavy atom. The summed E-state index contributed by atoms with van der Waals surface area (Å²) in [5, 5.41) is 2.80. The number of benzene rings is 1. The van der Waals surface area contributed by atoms with Gasteiger partial charge in [0, 0.05) is 24.8 Å². The van der Waals surface area contributed by atoms with Gasteiger partial charge in [-0.05, 0) is 36.4 Å². The Hall–Kier alpha value is -1.07. The number of halogens is 1. The molecule has 1 aromatic carbocycles. The predicted molar refractivity (Wildman–Crippen MR) is 73.7 cm³/mol. The van der Waals surface area contributed by atoms with Gasteiger partial charge in [0.25, 0.3) is 0 Å². The Balaban J connectivity index is 2.63. The van der Waals surface area contributed by atoms with Gasteiger partial charge in [-0.15, -0.1) is 0 Å². The Kier molecular flexibility index (Phi) is 6.15. The van der Waals surface area contributed by atoms with Crippen molar-refractivity contribution in [2.45, 2.75) is 31.7 Å². The molecule has 3 nitrogen and oxygen atoms in total. The molecule has 0 saturated heterocycles. The second kappa shape index (κ2) is 7.38. The molecule has 0 aromatic heterocycles. The third-order valence-corrected chi connectivity index (χ3v) is 3.05. The van der Waals surface area contributed by atoms with Crippen LogP contribution in [0.15, 0.2) is 18.2 Å². The van der Waals surface area contributed by atoms with Crippen molar-refractivity contribution in [1.29, 1.82) is 0 Å². The van der Waals surface area contributed by atoms with E-state index < -0.39 is 0 Å². The monoisotopic (exact) mass is 270 g/mol. The summed E-state index contributed by atoms with van der Waals surface area (Å²) < 4.78 is 13.1. The summed E-state index contributed by atoms with van der Waals surface area (Å²) in [6.07, 6.45) is 2.27. The average molecular weight is 270 g/mol. The molecule has 0 radical (unpaired) electrons. The van der Waals surface area contributed by atoms with E-state index in [1.807, 2.05) is 6.26 Å². The molecule has 0 aliphatic heterocycles. The number of hydrogen-bond donors (Lipinski definition) is 2. The van der Waals surface area contributed by atoms with E-state index in [4.69, 9.17) is 5.73 Å². The summed E-state index contributed by atoms with van der Waals surface area (Å²) in [4.78, 5) is 11.5. The fourth-order valence-corrected chi connectivity index (χ4v) is 2.19. The number of amides is 1. The van der Waals surface area contributed by atoms with Crippen molar-refractivity contribution in [2.75, 3.05) is 6.26 Å². The average Bonchev–Trinajstić information content (AvgIpc) is 2.27. The Bertz CT molecular complexity index is 410. The first-order valence-corrected chi connectivity index (χ1v) is 7.21. The molecule has 0 heterocycles. The minimum atomic E-state index is -0.246. The fourth-order valence-electron chi connectivity index (χ4n) is 1.62. The van der Waals surface area contributed by atoms with Crippen LogP contribution in [0.4, 0.5) is 4.39 Å². The van der Waals surface area contributed by atoms with Gasteiger partial charge in [0.2, 0.25) is 5.91 Å². The van der Waals surface area contributed by atoms with Gasteiger partial charge in [0.15, 0.2) is 0 Å². The summed E-state index contributed by atoms with van der Waals surface area (Å²) in [5.41, 5.74) is 7.41. The van der Waals surface area contributed by atoms with Gasteiger partial charge in [-0.2, -0.15) is 11.8 Å². The van der Waals surface area contributed by atoms with Gasteiger partial charge >= 0.3 is 0 Å². The van der Waals surface area contributed by atoms with Crippen molar-refractivity contribution in [1.82, 2.24) is 5.32 Å². The maximum Gasteiger partial charge on any atom is 0.221 e. The van der Waals surface area contributed by atoms with E-state index in [9.17, 15) is 9.18 Å². The van der Waals surface area contributed by atoms with Crippen LogP contribution in [0.2, 0.25) is 0 Å². The first-order valence-electron chi connectivity index (χ1n) is 5.81. The van der Waals surface area contributed by atoms with Crippen LogP contribution in [0.1, 0.15) is 24.5 Å². The lowest BCUT2D eigenvalue weighted by Crippen LogP contribution is -2.29. The molecule has 0 spiro atoms. The molecule has 3 N–H and O–H groups in total. The highest BCUT2D eigenvalue weighted by molar-refractivity contribution is 7.97. The summed E-state index contributed by atoms with van der Waals surface area (Å²) in [5.74, 6) is 0.408. The summed E-state index contributed by atoms with van der Waals surface area (Å²) >= 11 is 1.62. The van der Waals surface area contributed by atoms with Crippen LogP contribution in [0.25, 0.3) is 0 Å². The summed E-state index contributed by atoms with van der Waals surface area (Å²) in [7, 11) is 0. The third kappa shape index (κ3) is 5.06. The highest BCUT2D eigenvalue weighted by Gasteiger charge is 2.07. The Labute approximate surface area is 111 Å². The highest BCUT2D eigenvalue weighted by Crippen LogP contribution is 2.16. The van der Waals surface area contributed by atoms with Crippen molar-refractivity contribution in [3.05, 3.63) is 35.1 Å². The number of nitrogens with one attached hydrogen (secondary N) is 1. The van der Waals surface area contributed by atoms with Gasteiger partial charge < -0.3 is 11.1 Å². The van der Waals surface area contributed by atoms with Crippen LogP contribution in [-0.2, 0) is 17.1 Å². The Morgan fingerprint density at radius 1 is 1.50 bits per heavy atom. The van der Waals surface area contributed by atoms with Crippen molar-refractivity contribution in [2.24, 2.45) is 5.73 Å². The maximum absolute atomic E-state index is 13.1. The number of thioether (sulfide) groups is 1. The van der Waals surface area contributed by atoms with E-state index in [-0.39, 0.29) is 17.8 Å². The molecule has 0 fully saturated rings. The molecule has 1 rings (SSSR count). The predicted octanol–water partition coefficient (Wildman–Crippen LogP) is 2.04. The molecule has 0 aliphatic carbocycles. The number of carbonyl (C=O) groups is 1. The van der Waals surface area contributed by atoms with Gasteiger partial charge in [0.05, 0.1) is 0 Å². The van der Waals surface area contributed by atoms with Crippen molar-refractivity contribution in [3.8, 4) is 0 Å². The number of carbonyl (C=O) groups excluding carboxylic acids is 1. The lowest BCUT2D eigenvalue weighted by atomic mass is 10.1. The zero-order chi connectivity index (χ0) is 13.5. The molecule has 1 aromatic rings. The van der Waals surface area contributed by atoms with Crippen LogP contribution >= 0.6 is 11.8 Å². The van der Waals surface area contributed by atoms with Crippen LogP contribution in [0.5, 0.6) is 0 Å². The molecular formula is C13H19FN2OS. The highest BCUT2D eigenvalue weighted by atomic mass is 32.2. The molecule has 0 saturated carbocycles. The number of nitrogens with two attached hydrogens (primary N) is 1. The fraction of sp³-hybridized carbons (Fsp3) is 0.462. The Morgan fingerprint density at radius 2 is 2.22 bits per heavy atom. The normalized spacial score (nSPS) is 12.2. The molecule has 1 atom stereocenters. The molecule has 1 amide bonds. The molecule has 100 valence electrons. The van der Waals surface area contributed by atoms with Gasteiger partial charge in [-0.3, -0.25) is 4.79 Å². The summed E-state index contributed by atoms with van der Waals surface area (Å²) in [6, 6.07) is 4.50. The van der Waals surface area contributed by atoms with E-state index in [0.717, 1.165) is 16.9 Å². The first kappa shape index (κ1) is 15.0. The molecule has 18 heavy (non-hydrogen) atoms. The third-order valence-electron chi connectivity index (χ3n) is 2.45. The SMILES string of the molecule is CSCc1cc(F)ccc1CNC(=O)CC(C)N. The topological polar surface area (TPSA) is 55.1 Å². The van der Waals surface area contributed by atoms with Crippen LogP contribution in [-0.4, -0.2) is 18.2 Å². The van der Waals surface area contributed by atoms with Gasteiger partial charge in [0.1, 0.15) is 5.82 Å². The minimum Gasteiger partial charge on any atom is -0.352 e. The lowest BCUT2D eigenvalue weighted by Gasteiger charge is -2.11. The molecule has 0 bridgehead atoms. The second-order valence-electron chi connectivity index (χ2n) is 4.30. The quantitative estimate of drug-likeness (QED) is 0.831. The molecule has 5 heteroatoms. The maximum atomic E-state index is 13.1. The van der Waals surface area contributed by atoms with E-state index in [2.05, 4.69) is 5.32 Å². The molecule has 0 aliphatic rings. The minimum absolute atomic E-state index is 0.0792. The van der Waals surface area contributed by atoms with Crippen molar-refractivity contribution in [3.63, 3.8) is 0 Å². The van der Waals surface area contributed by atoms with Crippen molar-refractivity contribution < 1.29 is 9.18 Å². The van der Waals surface area contributed by atoms with Crippen LogP contribution < -0.4 is 11.1 Å². The standard InChI is InChI=1S/C13H19FN2OS/c1-9(15)5-13(17)16-7-10-3-4-12(14)6-11(10)8-18-2/h3-4,6,9H,5,7-8,15H2,1-2H3,(H,16,17). The zero-order valence-corrected chi connectivity index (χ0v) is 11.5. The zero-order valence-electron chi connectivity index (χ0n) is 10.7. The van der Waals surface area contributed by atoms with Crippen molar-refractivity contribution >= 4 is 17.7 Å². The van der Waals surface area contributed by atoms with E-state index in [1.54, 1.807) is 24.8 Å². The smallest absolute Gasteiger partial charge is 0.221 e. The van der Waals surface area contributed by atoms with Crippen LogP contribution in [0.3, 0.4) is 0 Å². The lowest BCUT2D eigenvalue weighted by molar-refractivity contribution is -0.121. The first-order chi connectivity index (χ1) is 8.52. The summed E-state index contributed by atoms with van der Waals surface area (Å²) in [6.45, 7) is 2.21. The van der Waals surface area contributed by atoms with Gasteiger partial charge in [-0.1, -0.05) is 6.07 Å². The van der Waals surface area contributed by atoms with Crippen LogP contribution in [0, 0.1) is 5.82 Å². The largest absolute Gasteiger partial charge is 0.352 e. The van der Waals surface area contributed by atoms with E-state index >= 15 is 0 Å².